The Morgan fingerprint density at radius 2 is 1.11 bits per heavy atom. The Labute approximate surface area is 111 Å². The first-order chi connectivity index (χ1) is 8.40. The lowest BCUT2D eigenvalue weighted by Gasteiger charge is -2.10. The van der Waals surface area contributed by atoms with E-state index in [0.29, 0.717) is 10.8 Å². The molecule has 0 saturated carbocycles. The summed E-state index contributed by atoms with van der Waals surface area (Å²) in [5.74, 6) is 0.438. The van der Waals surface area contributed by atoms with E-state index in [1.165, 1.54) is 0 Å². The molecule has 0 bridgehead atoms. The SMILES string of the molecule is Cc1cc(-c2cc(C)c(O)c(Cl)c2)cc(C)c1O. The number of benzene rings is 2. The van der Waals surface area contributed by atoms with E-state index in [1.807, 2.05) is 39.0 Å². The second kappa shape index (κ2) is 4.54. The van der Waals surface area contributed by atoms with Crippen LogP contribution in [-0.2, 0) is 0 Å². The third-order valence-corrected chi connectivity index (χ3v) is 3.37. The molecule has 0 spiro atoms. The normalized spacial score (nSPS) is 10.7. The van der Waals surface area contributed by atoms with E-state index >= 15 is 0 Å². The summed E-state index contributed by atoms with van der Waals surface area (Å²) in [6.07, 6.45) is 0. The van der Waals surface area contributed by atoms with E-state index in [1.54, 1.807) is 6.07 Å². The largest absolute Gasteiger partial charge is 0.507 e. The highest BCUT2D eigenvalue weighted by molar-refractivity contribution is 6.32. The van der Waals surface area contributed by atoms with E-state index < -0.39 is 0 Å². The fourth-order valence-corrected chi connectivity index (χ4v) is 2.29. The zero-order valence-corrected chi connectivity index (χ0v) is 11.3. The van der Waals surface area contributed by atoms with Gasteiger partial charge in [0.25, 0.3) is 0 Å². The predicted octanol–water partition coefficient (Wildman–Crippen LogP) is 4.34. The fourth-order valence-electron chi connectivity index (χ4n) is 2.03. The highest BCUT2D eigenvalue weighted by Gasteiger charge is 2.09. The van der Waals surface area contributed by atoms with Gasteiger partial charge in [0.05, 0.1) is 5.02 Å². The number of phenols is 2. The Morgan fingerprint density at radius 3 is 1.56 bits per heavy atom. The first kappa shape index (κ1) is 12.8. The molecule has 0 aliphatic carbocycles. The average Bonchev–Trinajstić information content (AvgIpc) is 2.31. The zero-order chi connectivity index (χ0) is 13.4. The first-order valence-corrected chi connectivity index (χ1v) is 6.07. The van der Waals surface area contributed by atoms with Crippen LogP contribution in [0.15, 0.2) is 24.3 Å². The lowest BCUT2D eigenvalue weighted by Crippen LogP contribution is -1.86. The molecule has 0 aromatic heterocycles. The van der Waals surface area contributed by atoms with Crippen molar-refractivity contribution in [3.63, 3.8) is 0 Å². The molecule has 2 rings (SSSR count). The van der Waals surface area contributed by atoms with E-state index in [2.05, 4.69) is 0 Å². The maximum atomic E-state index is 9.76. The van der Waals surface area contributed by atoms with Crippen LogP contribution in [-0.4, -0.2) is 10.2 Å². The van der Waals surface area contributed by atoms with E-state index in [9.17, 15) is 10.2 Å². The Morgan fingerprint density at radius 1 is 0.722 bits per heavy atom. The van der Waals surface area contributed by atoms with Crippen LogP contribution < -0.4 is 0 Å². The lowest BCUT2D eigenvalue weighted by molar-refractivity contribution is 0.467. The van der Waals surface area contributed by atoms with Gasteiger partial charge in [0.2, 0.25) is 0 Å². The Hall–Kier alpha value is -1.67. The number of aryl methyl sites for hydroxylation is 3. The minimum absolute atomic E-state index is 0.118. The van der Waals surface area contributed by atoms with Crippen LogP contribution in [0.3, 0.4) is 0 Å². The van der Waals surface area contributed by atoms with Crippen molar-refractivity contribution < 1.29 is 10.2 Å². The maximum absolute atomic E-state index is 9.76. The van der Waals surface area contributed by atoms with Gasteiger partial charge in [0.1, 0.15) is 11.5 Å². The molecule has 0 aliphatic rings. The number of hydrogen-bond donors (Lipinski definition) is 2. The molecule has 0 fully saturated rings. The number of phenolic OH excluding ortho intramolecular Hbond substituents is 2. The summed E-state index contributed by atoms with van der Waals surface area (Å²) in [5.41, 5.74) is 4.30. The Balaban J connectivity index is 2.63. The monoisotopic (exact) mass is 262 g/mol. The van der Waals surface area contributed by atoms with Crippen molar-refractivity contribution in [1.29, 1.82) is 0 Å². The van der Waals surface area contributed by atoms with Crippen molar-refractivity contribution in [3.05, 3.63) is 46.0 Å². The van der Waals surface area contributed by atoms with Crippen molar-refractivity contribution in [1.82, 2.24) is 0 Å². The minimum Gasteiger partial charge on any atom is -0.507 e. The van der Waals surface area contributed by atoms with Crippen LogP contribution in [0.1, 0.15) is 16.7 Å². The van der Waals surface area contributed by atoms with Crippen LogP contribution >= 0.6 is 11.6 Å². The summed E-state index contributed by atoms with van der Waals surface area (Å²) in [6, 6.07) is 7.43. The Kier molecular flexibility index (Phi) is 3.22. The van der Waals surface area contributed by atoms with Crippen molar-refractivity contribution in [2.75, 3.05) is 0 Å². The van der Waals surface area contributed by atoms with Gasteiger partial charge in [0, 0.05) is 0 Å². The molecule has 0 saturated heterocycles. The third kappa shape index (κ3) is 2.16. The predicted molar refractivity (Wildman–Crippen MR) is 74.4 cm³/mol. The second-order valence-electron chi connectivity index (χ2n) is 4.58. The molecular formula is C15H15ClO2. The molecule has 0 atom stereocenters. The molecule has 2 N–H and O–H groups in total. The summed E-state index contributed by atoms with van der Waals surface area (Å²) in [4.78, 5) is 0. The standard InChI is InChI=1S/C15H15ClO2/c1-8-4-11(5-9(2)14(8)17)12-6-10(3)15(18)13(16)7-12/h4-7,17-18H,1-3H3. The average molecular weight is 263 g/mol. The maximum Gasteiger partial charge on any atom is 0.137 e. The van der Waals surface area contributed by atoms with E-state index in [0.717, 1.165) is 27.8 Å². The van der Waals surface area contributed by atoms with Gasteiger partial charge >= 0.3 is 0 Å². The number of halogens is 1. The summed E-state index contributed by atoms with van der Waals surface area (Å²) in [5, 5.41) is 19.8. The molecule has 2 nitrogen and oxygen atoms in total. The van der Waals surface area contributed by atoms with Gasteiger partial charge in [-0.15, -0.1) is 0 Å². The second-order valence-corrected chi connectivity index (χ2v) is 4.99. The van der Waals surface area contributed by atoms with Crippen molar-refractivity contribution in [3.8, 4) is 22.6 Å². The van der Waals surface area contributed by atoms with Crippen LogP contribution in [0.5, 0.6) is 11.5 Å². The molecule has 3 heteroatoms. The molecule has 0 heterocycles. The highest BCUT2D eigenvalue weighted by atomic mass is 35.5. The smallest absolute Gasteiger partial charge is 0.137 e. The van der Waals surface area contributed by atoms with Gasteiger partial charge in [-0.1, -0.05) is 11.6 Å². The molecule has 2 aromatic carbocycles. The van der Waals surface area contributed by atoms with Gasteiger partial charge in [-0.05, 0) is 72.9 Å². The molecule has 0 radical (unpaired) electrons. The lowest BCUT2D eigenvalue weighted by atomic mass is 9.98. The third-order valence-electron chi connectivity index (χ3n) is 3.08. The molecule has 18 heavy (non-hydrogen) atoms. The van der Waals surface area contributed by atoms with Gasteiger partial charge < -0.3 is 10.2 Å². The topological polar surface area (TPSA) is 40.5 Å². The van der Waals surface area contributed by atoms with Crippen LogP contribution in [0, 0.1) is 20.8 Å². The summed E-state index contributed by atoms with van der Waals surface area (Å²) in [6.45, 7) is 5.53. The number of aromatic hydroxyl groups is 2. The van der Waals surface area contributed by atoms with Gasteiger partial charge in [0.15, 0.2) is 0 Å². The van der Waals surface area contributed by atoms with Gasteiger partial charge in [-0.25, -0.2) is 0 Å². The summed E-state index contributed by atoms with van der Waals surface area (Å²) >= 11 is 5.98. The van der Waals surface area contributed by atoms with Gasteiger partial charge in [-0.2, -0.15) is 0 Å². The molecule has 2 aromatic rings. The van der Waals surface area contributed by atoms with Crippen LogP contribution in [0.2, 0.25) is 5.02 Å². The number of hydrogen-bond acceptors (Lipinski definition) is 2. The first-order valence-electron chi connectivity index (χ1n) is 5.70. The van der Waals surface area contributed by atoms with Crippen LogP contribution in [0.25, 0.3) is 11.1 Å². The summed E-state index contributed by atoms with van der Waals surface area (Å²) < 4.78 is 0. The van der Waals surface area contributed by atoms with Crippen molar-refractivity contribution in [2.24, 2.45) is 0 Å². The molecule has 0 unspecified atom stereocenters. The van der Waals surface area contributed by atoms with Crippen molar-refractivity contribution in [2.45, 2.75) is 20.8 Å². The fraction of sp³-hybridized carbons (Fsp3) is 0.200. The van der Waals surface area contributed by atoms with Crippen molar-refractivity contribution >= 4 is 11.6 Å². The molecular weight excluding hydrogens is 248 g/mol. The summed E-state index contributed by atoms with van der Waals surface area (Å²) in [7, 11) is 0. The Bertz CT molecular complexity index is 516. The van der Waals surface area contributed by atoms with E-state index in [4.69, 9.17) is 11.6 Å². The molecule has 0 amide bonds. The van der Waals surface area contributed by atoms with Gasteiger partial charge in [-0.3, -0.25) is 0 Å². The van der Waals surface area contributed by atoms with E-state index in [-0.39, 0.29) is 5.75 Å². The molecule has 94 valence electrons. The quantitative estimate of drug-likeness (QED) is 0.802. The van der Waals surface area contributed by atoms with Crippen LogP contribution in [0.4, 0.5) is 0 Å². The molecule has 0 aliphatic heterocycles. The zero-order valence-electron chi connectivity index (χ0n) is 10.6. The highest BCUT2D eigenvalue weighted by Crippen LogP contribution is 2.35. The number of rotatable bonds is 1. The minimum atomic E-state index is 0.118.